The molecule has 0 saturated carbocycles. The molecule has 2 heteroatoms. The Labute approximate surface area is 133 Å². The highest BCUT2D eigenvalue weighted by molar-refractivity contribution is 6.15. The van der Waals surface area contributed by atoms with Crippen LogP contribution in [0.4, 0.5) is 0 Å². The van der Waals surface area contributed by atoms with E-state index in [9.17, 15) is 0 Å². The second kappa shape index (κ2) is 4.39. The molecule has 23 heavy (non-hydrogen) atoms. The van der Waals surface area contributed by atoms with E-state index in [-0.39, 0.29) is 0 Å². The minimum Gasteiger partial charge on any atom is -0.456 e. The predicted octanol–water partition coefficient (Wildman–Crippen LogP) is 6.36. The fourth-order valence-corrected chi connectivity index (χ4v) is 3.43. The summed E-state index contributed by atoms with van der Waals surface area (Å²) in [4.78, 5) is 0. The number of rotatable bonds is 1. The number of benzene rings is 3. The first-order valence-electron chi connectivity index (χ1n) is 8.01. The van der Waals surface area contributed by atoms with E-state index in [1.165, 1.54) is 21.9 Å². The fourth-order valence-electron chi connectivity index (χ4n) is 3.43. The molecule has 0 radical (unpaired) electrons. The Morgan fingerprint density at radius 2 is 1.26 bits per heavy atom. The van der Waals surface area contributed by atoms with Gasteiger partial charge >= 0.3 is 0 Å². The summed E-state index contributed by atoms with van der Waals surface area (Å²) in [7, 11) is 0. The molecule has 2 heterocycles. The van der Waals surface area contributed by atoms with Crippen molar-refractivity contribution in [2.24, 2.45) is 0 Å². The average Bonchev–Trinajstić information content (AvgIpc) is 3.09. The number of fused-ring (bicyclic) bond motifs is 6. The van der Waals surface area contributed by atoms with Gasteiger partial charge in [0.25, 0.3) is 0 Å². The molecule has 0 atom stereocenters. The summed E-state index contributed by atoms with van der Waals surface area (Å²) in [5, 5.41) is 4.67. The van der Waals surface area contributed by atoms with Crippen molar-refractivity contribution in [1.82, 2.24) is 0 Å². The lowest BCUT2D eigenvalue weighted by Crippen LogP contribution is -1.77. The van der Waals surface area contributed by atoms with Crippen LogP contribution in [-0.4, -0.2) is 0 Å². The summed E-state index contributed by atoms with van der Waals surface area (Å²) >= 11 is 0. The van der Waals surface area contributed by atoms with E-state index < -0.39 is 0 Å². The van der Waals surface area contributed by atoms with E-state index in [1.54, 1.807) is 0 Å². The molecule has 0 aliphatic rings. The molecule has 0 amide bonds. The molecule has 5 rings (SSSR count). The van der Waals surface area contributed by atoms with Gasteiger partial charge in [-0.1, -0.05) is 24.6 Å². The fraction of sp³-hybridized carbons (Fsp3) is 0.143. The highest BCUT2D eigenvalue weighted by Crippen LogP contribution is 2.37. The zero-order chi connectivity index (χ0) is 15.6. The quantitative estimate of drug-likeness (QED) is 0.360. The summed E-state index contributed by atoms with van der Waals surface area (Å²) in [5.41, 5.74) is 6.20. The van der Waals surface area contributed by atoms with Gasteiger partial charge in [0.15, 0.2) is 0 Å². The average molecular weight is 300 g/mol. The summed E-state index contributed by atoms with van der Waals surface area (Å²) in [6.45, 7) is 4.28. The molecule has 0 aliphatic carbocycles. The van der Waals surface area contributed by atoms with E-state index in [1.807, 2.05) is 12.1 Å². The predicted molar refractivity (Wildman–Crippen MR) is 95.1 cm³/mol. The van der Waals surface area contributed by atoms with Crippen molar-refractivity contribution in [1.29, 1.82) is 0 Å². The molecular weight excluding hydrogens is 284 g/mol. The van der Waals surface area contributed by atoms with Gasteiger partial charge in [-0.2, -0.15) is 0 Å². The molecule has 2 aromatic heterocycles. The third-order valence-corrected chi connectivity index (χ3v) is 4.69. The minimum atomic E-state index is 0.882. The van der Waals surface area contributed by atoms with Crippen LogP contribution in [0.25, 0.3) is 43.9 Å². The van der Waals surface area contributed by atoms with Crippen molar-refractivity contribution < 1.29 is 8.83 Å². The van der Waals surface area contributed by atoms with E-state index in [2.05, 4.69) is 50.2 Å². The van der Waals surface area contributed by atoms with Gasteiger partial charge in [0.2, 0.25) is 0 Å². The van der Waals surface area contributed by atoms with Crippen molar-refractivity contribution in [3.63, 3.8) is 0 Å². The van der Waals surface area contributed by atoms with Gasteiger partial charge in [0.1, 0.15) is 22.3 Å². The first-order chi connectivity index (χ1) is 11.2. The molecule has 2 nitrogen and oxygen atoms in total. The van der Waals surface area contributed by atoms with Crippen LogP contribution in [0.5, 0.6) is 0 Å². The first kappa shape index (κ1) is 12.8. The van der Waals surface area contributed by atoms with Crippen molar-refractivity contribution >= 4 is 43.9 Å². The van der Waals surface area contributed by atoms with Crippen molar-refractivity contribution in [2.45, 2.75) is 20.3 Å². The van der Waals surface area contributed by atoms with Crippen LogP contribution in [0.1, 0.15) is 18.1 Å². The summed E-state index contributed by atoms with van der Waals surface area (Å²) < 4.78 is 12.0. The Morgan fingerprint density at radius 3 is 1.96 bits per heavy atom. The maximum Gasteiger partial charge on any atom is 0.139 e. The third-order valence-electron chi connectivity index (χ3n) is 4.69. The van der Waals surface area contributed by atoms with E-state index in [0.717, 1.165) is 39.5 Å². The van der Waals surface area contributed by atoms with Gasteiger partial charge in [-0.3, -0.25) is 0 Å². The van der Waals surface area contributed by atoms with Crippen LogP contribution in [0.15, 0.2) is 57.4 Å². The van der Waals surface area contributed by atoms with Gasteiger partial charge in [-0.05, 0) is 49.2 Å². The maximum atomic E-state index is 6.02. The Kier molecular flexibility index (Phi) is 2.44. The molecule has 0 unspecified atom stereocenters. The summed E-state index contributed by atoms with van der Waals surface area (Å²) in [6.07, 6.45) is 1.03. The highest BCUT2D eigenvalue weighted by Gasteiger charge is 2.13. The van der Waals surface area contributed by atoms with Gasteiger partial charge < -0.3 is 8.83 Å². The summed E-state index contributed by atoms with van der Waals surface area (Å²) in [6, 6.07) is 17.0. The molecule has 0 aliphatic heterocycles. The lowest BCUT2D eigenvalue weighted by atomic mass is 10.0. The first-order valence-corrected chi connectivity index (χ1v) is 8.01. The van der Waals surface area contributed by atoms with Crippen LogP contribution in [-0.2, 0) is 6.42 Å². The second-order valence-corrected chi connectivity index (χ2v) is 6.23. The van der Waals surface area contributed by atoms with E-state index in [0.29, 0.717) is 0 Å². The topological polar surface area (TPSA) is 26.3 Å². The van der Waals surface area contributed by atoms with E-state index in [4.69, 9.17) is 8.83 Å². The third kappa shape index (κ3) is 1.75. The second-order valence-electron chi connectivity index (χ2n) is 6.23. The molecule has 0 spiro atoms. The van der Waals surface area contributed by atoms with E-state index >= 15 is 0 Å². The number of hydrogen-bond acceptors (Lipinski definition) is 2. The normalized spacial score (nSPS) is 12.1. The Morgan fingerprint density at radius 1 is 0.652 bits per heavy atom. The van der Waals surface area contributed by atoms with Gasteiger partial charge in [-0.15, -0.1) is 0 Å². The Hall–Kier alpha value is -2.74. The van der Waals surface area contributed by atoms with Gasteiger partial charge in [0.05, 0.1) is 0 Å². The summed E-state index contributed by atoms with van der Waals surface area (Å²) in [5.74, 6) is 0. The number of furan rings is 2. The number of hydrogen-bond donors (Lipinski definition) is 0. The van der Waals surface area contributed by atoms with Gasteiger partial charge in [0, 0.05) is 27.6 Å². The molecule has 3 aromatic carbocycles. The lowest BCUT2D eigenvalue weighted by Gasteiger charge is -1.96. The van der Waals surface area contributed by atoms with Crippen LogP contribution >= 0.6 is 0 Å². The molecule has 5 aromatic rings. The highest BCUT2D eigenvalue weighted by atomic mass is 16.3. The van der Waals surface area contributed by atoms with Crippen LogP contribution in [0.2, 0.25) is 0 Å². The molecule has 0 saturated heterocycles. The number of aryl methyl sites for hydroxylation is 2. The maximum absolute atomic E-state index is 6.02. The SMILES string of the molecule is CCc1ccc2oc3cc4oc5ccc(C)cc5c4cc3c2c1. The smallest absolute Gasteiger partial charge is 0.139 e. The minimum absolute atomic E-state index is 0.882. The lowest BCUT2D eigenvalue weighted by molar-refractivity contribution is 0.656. The largest absolute Gasteiger partial charge is 0.456 e. The van der Waals surface area contributed by atoms with Crippen molar-refractivity contribution in [3.05, 3.63) is 59.7 Å². The van der Waals surface area contributed by atoms with Crippen LogP contribution < -0.4 is 0 Å². The molecule has 0 fully saturated rings. The monoisotopic (exact) mass is 300 g/mol. The van der Waals surface area contributed by atoms with Crippen LogP contribution in [0, 0.1) is 6.92 Å². The molecule has 0 N–H and O–H groups in total. The van der Waals surface area contributed by atoms with Crippen molar-refractivity contribution in [3.8, 4) is 0 Å². The zero-order valence-corrected chi connectivity index (χ0v) is 13.1. The van der Waals surface area contributed by atoms with Gasteiger partial charge in [-0.25, -0.2) is 0 Å². The molecular formula is C21H16O2. The Balaban J connectivity index is 1.95. The molecule has 112 valence electrons. The zero-order valence-electron chi connectivity index (χ0n) is 13.1. The Bertz CT molecular complexity index is 1200. The molecule has 0 bridgehead atoms. The standard InChI is InChI=1S/C21H16O2/c1-3-13-5-7-19-15(9-13)17-10-16-14-8-12(2)4-6-18(14)22-20(16)11-21(17)23-19/h4-11H,3H2,1-2H3. The van der Waals surface area contributed by atoms with Crippen molar-refractivity contribution in [2.75, 3.05) is 0 Å². The van der Waals surface area contributed by atoms with Crippen LogP contribution in [0.3, 0.4) is 0 Å².